The van der Waals surface area contributed by atoms with Crippen molar-refractivity contribution in [2.45, 2.75) is 72.3 Å². The van der Waals surface area contributed by atoms with Crippen LogP contribution in [0.3, 0.4) is 0 Å². The van der Waals surface area contributed by atoms with Crippen LogP contribution in [0.5, 0.6) is 11.5 Å². The second-order valence-electron chi connectivity index (χ2n) is 11.5. The number of ether oxygens (including phenoxy) is 1. The van der Waals surface area contributed by atoms with Gasteiger partial charge in [-0.05, 0) is 125 Å². The van der Waals surface area contributed by atoms with Crippen LogP contribution in [-0.2, 0) is 4.79 Å². The molecular weight excluding hydrogens is 566 g/mol. The smallest absolute Gasteiger partial charge is 0.319 e. The minimum Gasteiger partial charge on any atom is -0.457 e. The van der Waals surface area contributed by atoms with Gasteiger partial charge in [-0.2, -0.15) is 0 Å². The molecule has 0 saturated carbocycles. The summed E-state index contributed by atoms with van der Waals surface area (Å²) in [5.74, 6) is 1.16. The number of carbonyl (C=O) groups is 3. The second kappa shape index (κ2) is 16.6. The SMILES string of the molecule is CCC(CC)NC(=O)Nc1ccc(Oc2ccc(NC(=O)c3ccc(N(CC)C(=O)CCN4CCCCC4)cc3)cc2C)cc1. The number of urea groups is 1. The number of amides is 4. The largest absolute Gasteiger partial charge is 0.457 e. The highest BCUT2D eigenvalue weighted by Gasteiger charge is 2.18. The second-order valence-corrected chi connectivity index (χ2v) is 11.5. The maximum Gasteiger partial charge on any atom is 0.319 e. The molecule has 45 heavy (non-hydrogen) atoms. The van der Waals surface area contributed by atoms with Gasteiger partial charge in [0.15, 0.2) is 0 Å². The van der Waals surface area contributed by atoms with E-state index in [0.717, 1.165) is 43.7 Å². The maximum absolute atomic E-state index is 13.0. The van der Waals surface area contributed by atoms with E-state index in [1.807, 2.05) is 52.0 Å². The fourth-order valence-electron chi connectivity index (χ4n) is 5.49. The monoisotopic (exact) mass is 613 g/mol. The fourth-order valence-corrected chi connectivity index (χ4v) is 5.49. The molecule has 0 radical (unpaired) electrons. The van der Waals surface area contributed by atoms with Crippen molar-refractivity contribution in [3.05, 3.63) is 77.9 Å². The Morgan fingerprint density at radius 1 is 0.844 bits per heavy atom. The summed E-state index contributed by atoms with van der Waals surface area (Å²) in [5.41, 5.74) is 3.49. The molecule has 0 aliphatic carbocycles. The zero-order valence-corrected chi connectivity index (χ0v) is 27.0. The normalized spacial score (nSPS) is 13.3. The number of likely N-dealkylation sites (tertiary alicyclic amines) is 1. The average Bonchev–Trinajstić information content (AvgIpc) is 3.06. The number of nitrogens with zero attached hydrogens (tertiary/aromatic N) is 2. The van der Waals surface area contributed by atoms with Crippen LogP contribution in [0.25, 0.3) is 0 Å². The van der Waals surface area contributed by atoms with Crippen molar-refractivity contribution in [3.8, 4) is 11.5 Å². The quantitative estimate of drug-likeness (QED) is 0.184. The lowest BCUT2D eigenvalue weighted by molar-refractivity contribution is -0.119. The summed E-state index contributed by atoms with van der Waals surface area (Å²) in [5, 5.41) is 8.76. The summed E-state index contributed by atoms with van der Waals surface area (Å²) in [4.78, 5) is 42.3. The molecule has 9 nitrogen and oxygen atoms in total. The van der Waals surface area contributed by atoms with E-state index in [-0.39, 0.29) is 23.9 Å². The van der Waals surface area contributed by atoms with Gasteiger partial charge in [-0.25, -0.2) is 4.79 Å². The minimum absolute atomic E-state index is 0.102. The van der Waals surface area contributed by atoms with Crippen LogP contribution in [-0.4, -0.2) is 55.0 Å². The molecular formula is C36H47N5O4. The van der Waals surface area contributed by atoms with E-state index in [4.69, 9.17) is 4.74 Å². The first-order chi connectivity index (χ1) is 21.8. The van der Waals surface area contributed by atoms with E-state index in [0.29, 0.717) is 41.4 Å². The maximum atomic E-state index is 13.0. The third kappa shape index (κ3) is 9.81. The van der Waals surface area contributed by atoms with Gasteiger partial charge in [0.25, 0.3) is 5.91 Å². The van der Waals surface area contributed by atoms with E-state index in [9.17, 15) is 14.4 Å². The number of rotatable bonds is 13. The van der Waals surface area contributed by atoms with Gasteiger partial charge >= 0.3 is 6.03 Å². The Balaban J connectivity index is 1.29. The lowest BCUT2D eigenvalue weighted by atomic mass is 10.1. The number of carbonyl (C=O) groups excluding carboxylic acids is 3. The molecule has 240 valence electrons. The summed E-state index contributed by atoms with van der Waals surface area (Å²) in [6.07, 6.45) is 5.95. The molecule has 4 rings (SSSR count). The molecule has 1 aliphatic rings. The molecule has 1 heterocycles. The molecule has 0 atom stereocenters. The summed E-state index contributed by atoms with van der Waals surface area (Å²) in [6.45, 7) is 11.5. The summed E-state index contributed by atoms with van der Waals surface area (Å²) in [7, 11) is 0. The van der Waals surface area contributed by atoms with Crippen LogP contribution >= 0.6 is 0 Å². The van der Waals surface area contributed by atoms with Crippen LogP contribution in [0.4, 0.5) is 21.9 Å². The van der Waals surface area contributed by atoms with Gasteiger partial charge in [0.2, 0.25) is 5.91 Å². The Kier molecular flexibility index (Phi) is 12.4. The van der Waals surface area contributed by atoms with Crippen LogP contribution in [0.2, 0.25) is 0 Å². The molecule has 3 N–H and O–H groups in total. The summed E-state index contributed by atoms with van der Waals surface area (Å²) >= 11 is 0. The van der Waals surface area contributed by atoms with Gasteiger partial charge in [-0.15, -0.1) is 0 Å². The molecule has 0 unspecified atom stereocenters. The number of piperidine rings is 1. The first kappa shape index (κ1) is 33.5. The fraction of sp³-hybridized carbons (Fsp3) is 0.417. The number of anilines is 3. The summed E-state index contributed by atoms with van der Waals surface area (Å²) in [6, 6.07) is 19.8. The van der Waals surface area contributed by atoms with Gasteiger partial charge < -0.3 is 30.5 Å². The predicted octanol–water partition coefficient (Wildman–Crippen LogP) is 7.58. The first-order valence-corrected chi connectivity index (χ1v) is 16.2. The molecule has 1 aliphatic heterocycles. The van der Waals surface area contributed by atoms with Crippen molar-refractivity contribution in [1.29, 1.82) is 0 Å². The lowest BCUT2D eigenvalue weighted by Gasteiger charge is -2.27. The van der Waals surface area contributed by atoms with Gasteiger partial charge in [0, 0.05) is 48.2 Å². The summed E-state index contributed by atoms with van der Waals surface area (Å²) < 4.78 is 6.05. The molecule has 9 heteroatoms. The van der Waals surface area contributed by atoms with E-state index in [1.165, 1.54) is 19.3 Å². The molecule has 0 spiro atoms. The van der Waals surface area contributed by atoms with Gasteiger partial charge in [-0.1, -0.05) is 20.3 Å². The van der Waals surface area contributed by atoms with Crippen molar-refractivity contribution in [2.75, 3.05) is 41.7 Å². The highest BCUT2D eigenvalue weighted by molar-refractivity contribution is 6.05. The number of benzene rings is 3. The van der Waals surface area contributed by atoms with Gasteiger partial charge in [0.1, 0.15) is 11.5 Å². The van der Waals surface area contributed by atoms with Crippen LogP contribution < -0.4 is 25.6 Å². The van der Waals surface area contributed by atoms with E-state index in [2.05, 4.69) is 20.9 Å². The Morgan fingerprint density at radius 3 is 2.13 bits per heavy atom. The number of hydrogen-bond acceptors (Lipinski definition) is 5. The molecule has 3 aromatic carbocycles. The van der Waals surface area contributed by atoms with Crippen molar-refractivity contribution in [2.24, 2.45) is 0 Å². The topological polar surface area (TPSA) is 103 Å². The van der Waals surface area contributed by atoms with Crippen molar-refractivity contribution in [1.82, 2.24) is 10.2 Å². The van der Waals surface area contributed by atoms with Crippen LogP contribution in [0.15, 0.2) is 66.7 Å². The van der Waals surface area contributed by atoms with Crippen LogP contribution in [0, 0.1) is 6.92 Å². The molecule has 3 aromatic rings. The standard InChI is InChI=1S/C36H47N5O4/c1-5-28(6-2)38-36(44)39-29-13-18-32(19-14-29)45-33-20-15-30(25-26(33)4)37-35(43)27-11-16-31(17-12-27)41(7-3)34(42)21-24-40-22-9-8-10-23-40/h11-20,25,28H,5-10,21-24H2,1-4H3,(H,37,43)(H2,38,39,44). The van der Waals surface area contributed by atoms with Gasteiger partial charge in [0.05, 0.1) is 0 Å². The molecule has 1 fully saturated rings. The van der Waals surface area contributed by atoms with Crippen molar-refractivity contribution in [3.63, 3.8) is 0 Å². The Bertz CT molecular complexity index is 1410. The van der Waals surface area contributed by atoms with Gasteiger partial charge in [-0.3, -0.25) is 9.59 Å². The van der Waals surface area contributed by atoms with E-state index >= 15 is 0 Å². The Labute approximate surface area is 267 Å². The lowest BCUT2D eigenvalue weighted by Crippen LogP contribution is -2.37. The Hall–Kier alpha value is -4.37. The molecule has 0 aromatic heterocycles. The number of aryl methyl sites for hydroxylation is 1. The number of nitrogens with one attached hydrogen (secondary N) is 3. The van der Waals surface area contributed by atoms with E-state index in [1.54, 1.807) is 47.4 Å². The molecule has 0 bridgehead atoms. The average molecular weight is 614 g/mol. The Morgan fingerprint density at radius 2 is 1.51 bits per heavy atom. The first-order valence-electron chi connectivity index (χ1n) is 16.2. The van der Waals surface area contributed by atoms with E-state index < -0.39 is 0 Å². The zero-order chi connectivity index (χ0) is 32.2. The third-order valence-corrected chi connectivity index (χ3v) is 8.24. The third-order valence-electron chi connectivity index (χ3n) is 8.24. The highest BCUT2D eigenvalue weighted by atomic mass is 16.5. The zero-order valence-electron chi connectivity index (χ0n) is 27.0. The molecule has 4 amide bonds. The minimum atomic E-state index is -0.231. The number of hydrogen-bond donors (Lipinski definition) is 3. The molecule has 1 saturated heterocycles. The van der Waals surface area contributed by atoms with Crippen molar-refractivity contribution >= 4 is 34.9 Å². The highest BCUT2D eigenvalue weighted by Crippen LogP contribution is 2.28. The predicted molar refractivity (Wildman–Crippen MR) is 182 cm³/mol. The van der Waals surface area contributed by atoms with Crippen LogP contribution in [0.1, 0.15) is 75.2 Å². The van der Waals surface area contributed by atoms with Crippen molar-refractivity contribution < 1.29 is 19.1 Å².